The molecule has 0 aromatic carbocycles. The van der Waals surface area contributed by atoms with Gasteiger partial charge < -0.3 is 15.5 Å². The Bertz CT molecular complexity index is 388. The van der Waals surface area contributed by atoms with E-state index in [1.807, 2.05) is 0 Å². The maximum absolute atomic E-state index is 11.1. The van der Waals surface area contributed by atoms with Crippen LogP contribution >= 0.6 is 0 Å². The number of amides is 1. The molecule has 1 heterocycles. The molecule has 1 unspecified atom stereocenters. The number of aliphatic carboxylic acids is 1. The topological polar surface area (TPSA) is 104 Å². The Balaban J connectivity index is 2.58. The van der Waals surface area contributed by atoms with Crippen LogP contribution in [-0.4, -0.2) is 45.0 Å². The number of nitrogens with zero attached hydrogens (tertiary/aromatic N) is 2. The Morgan fingerprint density at radius 1 is 1.62 bits per heavy atom. The SMILES string of the molecule is CNC(=O)c1ccn(CC(O)CC(=O)O)n1. The van der Waals surface area contributed by atoms with Crippen molar-refractivity contribution in [3.63, 3.8) is 0 Å². The van der Waals surface area contributed by atoms with Gasteiger partial charge in [-0.1, -0.05) is 0 Å². The summed E-state index contributed by atoms with van der Waals surface area (Å²) in [5.41, 5.74) is 0.227. The molecule has 0 fully saturated rings. The van der Waals surface area contributed by atoms with Crippen LogP contribution in [0.25, 0.3) is 0 Å². The predicted octanol–water partition coefficient (Wildman–Crippen LogP) is -0.922. The van der Waals surface area contributed by atoms with E-state index in [9.17, 15) is 14.7 Å². The summed E-state index contributed by atoms with van der Waals surface area (Å²) in [5, 5.41) is 24.1. The molecule has 7 nitrogen and oxygen atoms in total. The van der Waals surface area contributed by atoms with Crippen LogP contribution in [0.4, 0.5) is 0 Å². The smallest absolute Gasteiger partial charge is 0.306 e. The molecular formula is C9H13N3O4. The van der Waals surface area contributed by atoms with E-state index < -0.39 is 12.1 Å². The third kappa shape index (κ3) is 3.35. The zero-order chi connectivity index (χ0) is 12.1. The second-order valence-corrected chi connectivity index (χ2v) is 3.25. The second-order valence-electron chi connectivity index (χ2n) is 3.25. The number of rotatable bonds is 5. The van der Waals surface area contributed by atoms with Crippen molar-refractivity contribution in [3.8, 4) is 0 Å². The summed E-state index contributed by atoms with van der Waals surface area (Å²) in [6, 6.07) is 1.49. The van der Waals surface area contributed by atoms with Gasteiger partial charge in [0.1, 0.15) is 5.69 Å². The van der Waals surface area contributed by atoms with Gasteiger partial charge in [0.05, 0.1) is 19.1 Å². The molecule has 3 N–H and O–H groups in total. The van der Waals surface area contributed by atoms with Crippen LogP contribution in [0.5, 0.6) is 0 Å². The standard InChI is InChI=1S/C9H13N3O4/c1-10-9(16)7-2-3-12(11-7)5-6(13)4-8(14)15/h2-3,6,13H,4-5H2,1H3,(H,10,16)(H,14,15). The van der Waals surface area contributed by atoms with Crippen molar-refractivity contribution in [2.24, 2.45) is 0 Å². The van der Waals surface area contributed by atoms with E-state index in [0.29, 0.717) is 0 Å². The van der Waals surface area contributed by atoms with Gasteiger partial charge in [-0.3, -0.25) is 14.3 Å². The van der Waals surface area contributed by atoms with Crippen LogP contribution in [0, 0.1) is 0 Å². The molecule has 0 radical (unpaired) electrons. The summed E-state index contributed by atoms with van der Waals surface area (Å²) in [6.07, 6.45) is 0.139. The molecular weight excluding hydrogens is 214 g/mol. The summed E-state index contributed by atoms with van der Waals surface area (Å²) < 4.78 is 1.33. The average Bonchev–Trinajstić information content (AvgIpc) is 2.63. The number of aliphatic hydroxyl groups excluding tert-OH is 1. The maximum atomic E-state index is 11.1. The summed E-state index contributed by atoms with van der Waals surface area (Å²) >= 11 is 0. The largest absolute Gasteiger partial charge is 0.481 e. The fourth-order valence-electron chi connectivity index (χ4n) is 1.19. The first-order valence-electron chi connectivity index (χ1n) is 4.68. The van der Waals surface area contributed by atoms with Gasteiger partial charge in [0.25, 0.3) is 5.91 Å². The second kappa shape index (κ2) is 5.26. The van der Waals surface area contributed by atoms with Crippen LogP contribution in [0.2, 0.25) is 0 Å². The molecule has 1 amide bonds. The Morgan fingerprint density at radius 3 is 2.88 bits per heavy atom. The lowest BCUT2D eigenvalue weighted by molar-refractivity contribution is -0.139. The monoisotopic (exact) mass is 227 g/mol. The molecule has 1 aromatic heterocycles. The first-order chi connectivity index (χ1) is 7.52. The molecule has 16 heavy (non-hydrogen) atoms. The number of aliphatic hydroxyl groups is 1. The van der Waals surface area contributed by atoms with Gasteiger partial charge in [0.2, 0.25) is 0 Å². The van der Waals surface area contributed by atoms with Gasteiger partial charge in [0.15, 0.2) is 0 Å². The van der Waals surface area contributed by atoms with E-state index in [1.54, 1.807) is 0 Å². The van der Waals surface area contributed by atoms with Crippen molar-refractivity contribution < 1.29 is 19.8 Å². The quantitative estimate of drug-likeness (QED) is 0.603. The molecule has 1 rings (SSSR count). The van der Waals surface area contributed by atoms with Gasteiger partial charge in [0, 0.05) is 13.2 Å². The molecule has 1 atom stereocenters. The summed E-state index contributed by atoms with van der Waals surface area (Å²) in [7, 11) is 1.49. The van der Waals surface area contributed by atoms with Crippen LogP contribution in [-0.2, 0) is 11.3 Å². The first kappa shape index (κ1) is 12.2. The highest BCUT2D eigenvalue weighted by molar-refractivity contribution is 5.91. The molecule has 0 saturated heterocycles. The molecule has 88 valence electrons. The highest BCUT2D eigenvalue weighted by Crippen LogP contribution is 2.00. The summed E-state index contributed by atoms with van der Waals surface area (Å²) in [6.45, 7) is 0.0449. The number of carbonyl (C=O) groups excluding carboxylic acids is 1. The van der Waals surface area contributed by atoms with Crippen molar-refractivity contribution in [2.45, 2.75) is 19.1 Å². The molecule has 7 heteroatoms. The van der Waals surface area contributed by atoms with E-state index in [0.717, 1.165) is 0 Å². The van der Waals surface area contributed by atoms with Crippen molar-refractivity contribution in [3.05, 3.63) is 18.0 Å². The number of hydrogen-bond donors (Lipinski definition) is 3. The van der Waals surface area contributed by atoms with Gasteiger partial charge in [-0.05, 0) is 6.07 Å². The van der Waals surface area contributed by atoms with E-state index in [2.05, 4.69) is 10.4 Å². The normalized spacial score (nSPS) is 12.1. The molecule has 1 aromatic rings. The third-order valence-corrected chi connectivity index (χ3v) is 1.91. The Labute approximate surface area is 91.7 Å². The van der Waals surface area contributed by atoms with Crippen LogP contribution < -0.4 is 5.32 Å². The van der Waals surface area contributed by atoms with Crippen LogP contribution in [0.1, 0.15) is 16.9 Å². The predicted molar refractivity (Wildman–Crippen MR) is 53.9 cm³/mol. The van der Waals surface area contributed by atoms with Crippen LogP contribution in [0.3, 0.4) is 0 Å². The highest BCUT2D eigenvalue weighted by Gasteiger charge is 2.12. The van der Waals surface area contributed by atoms with E-state index in [-0.39, 0.29) is 24.6 Å². The van der Waals surface area contributed by atoms with Crippen LogP contribution in [0.15, 0.2) is 12.3 Å². The van der Waals surface area contributed by atoms with E-state index in [1.165, 1.54) is 24.0 Å². The Morgan fingerprint density at radius 2 is 2.31 bits per heavy atom. The minimum atomic E-state index is -1.08. The fraction of sp³-hybridized carbons (Fsp3) is 0.444. The number of nitrogens with one attached hydrogen (secondary N) is 1. The van der Waals surface area contributed by atoms with Gasteiger partial charge in [-0.2, -0.15) is 5.10 Å². The lowest BCUT2D eigenvalue weighted by Crippen LogP contribution is -2.22. The van der Waals surface area contributed by atoms with Crippen molar-refractivity contribution in [1.82, 2.24) is 15.1 Å². The molecule has 0 spiro atoms. The molecule has 0 bridgehead atoms. The number of carbonyl (C=O) groups is 2. The van der Waals surface area contributed by atoms with Gasteiger partial charge >= 0.3 is 5.97 Å². The average molecular weight is 227 g/mol. The van der Waals surface area contributed by atoms with Crippen molar-refractivity contribution >= 4 is 11.9 Å². The first-order valence-corrected chi connectivity index (χ1v) is 4.68. The van der Waals surface area contributed by atoms with Crippen molar-refractivity contribution in [2.75, 3.05) is 7.05 Å². The Hall–Kier alpha value is -1.89. The number of carboxylic acid groups (broad SMARTS) is 1. The maximum Gasteiger partial charge on any atom is 0.306 e. The van der Waals surface area contributed by atoms with Gasteiger partial charge in [-0.15, -0.1) is 0 Å². The third-order valence-electron chi connectivity index (χ3n) is 1.91. The molecule has 0 aliphatic carbocycles. The zero-order valence-corrected chi connectivity index (χ0v) is 8.75. The summed E-state index contributed by atoms with van der Waals surface area (Å²) in [5.74, 6) is -1.40. The van der Waals surface area contributed by atoms with E-state index >= 15 is 0 Å². The minimum Gasteiger partial charge on any atom is -0.481 e. The zero-order valence-electron chi connectivity index (χ0n) is 8.75. The number of aromatic nitrogens is 2. The van der Waals surface area contributed by atoms with E-state index in [4.69, 9.17) is 5.11 Å². The van der Waals surface area contributed by atoms with Crippen molar-refractivity contribution in [1.29, 1.82) is 0 Å². The Kier molecular flexibility index (Phi) is 4.01. The number of hydrogen-bond acceptors (Lipinski definition) is 4. The number of carboxylic acids is 1. The minimum absolute atomic E-state index is 0.0449. The fourth-order valence-corrected chi connectivity index (χ4v) is 1.19. The highest BCUT2D eigenvalue weighted by atomic mass is 16.4. The molecule has 0 aliphatic heterocycles. The van der Waals surface area contributed by atoms with Gasteiger partial charge in [-0.25, -0.2) is 0 Å². The lowest BCUT2D eigenvalue weighted by Gasteiger charge is -2.07. The lowest BCUT2D eigenvalue weighted by atomic mass is 10.2. The summed E-state index contributed by atoms with van der Waals surface area (Å²) in [4.78, 5) is 21.5. The molecule has 0 saturated carbocycles. The molecule has 0 aliphatic rings.